The molecule has 1 aliphatic rings. The van der Waals surface area contributed by atoms with E-state index in [9.17, 15) is 4.79 Å². The lowest BCUT2D eigenvalue weighted by atomic mass is 10.1. The summed E-state index contributed by atoms with van der Waals surface area (Å²) in [5.74, 6) is 1.45. The van der Waals surface area contributed by atoms with Crippen molar-refractivity contribution in [3.8, 4) is 11.5 Å². The number of aryl methyl sites for hydroxylation is 1. The lowest BCUT2D eigenvalue weighted by Gasteiger charge is -2.26. The first-order valence-corrected chi connectivity index (χ1v) is 10.5. The molecule has 162 valence electrons. The smallest absolute Gasteiger partial charge is 0.253 e. The lowest BCUT2D eigenvalue weighted by Crippen LogP contribution is -2.41. The molecule has 2 heterocycles. The monoisotopic (exact) mass is 439 g/mol. The molecule has 0 bridgehead atoms. The zero-order valence-corrected chi connectivity index (χ0v) is 18.4. The predicted octanol–water partition coefficient (Wildman–Crippen LogP) is 3.09. The highest BCUT2D eigenvalue weighted by atomic mass is 32.1. The summed E-state index contributed by atoms with van der Waals surface area (Å²) in [7, 11) is 1.64. The second-order valence-electron chi connectivity index (χ2n) is 7.48. The summed E-state index contributed by atoms with van der Waals surface area (Å²) < 4.78 is 16.0. The van der Waals surface area contributed by atoms with E-state index < -0.39 is 0 Å². The Morgan fingerprint density at radius 2 is 2.00 bits per heavy atom. The van der Waals surface area contributed by atoms with Gasteiger partial charge < -0.3 is 29.4 Å². The van der Waals surface area contributed by atoms with Crippen molar-refractivity contribution in [3.05, 3.63) is 69.5 Å². The molecule has 0 atom stereocenters. The number of nitrogens with one attached hydrogen (secondary N) is 2. The van der Waals surface area contributed by atoms with Crippen molar-refractivity contribution in [1.29, 1.82) is 0 Å². The van der Waals surface area contributed by atoms with Crippen LogP contribution < -0.4 is 20.3 Å². The van der Waals surface area contributed by atoms with Gasteiger partial charge in [-0.25, -0.2) is 0 Å². The second kappa shape index (κ2) is 9.36. The maximum Gasteiger partial charge on any atom is 0.253 e. The van der Waals surface area contributed by atoms with Gasteiger partial charge in [-0.05, 0) is 60.4 Å². The zero-order chi connectivity index (χ0) is 21.8. The van der Waals surface area contributed by atoms with Gasteiger partial charge in [0.2, 0.25) is 6.79 Å². The molecule has 0 saturated heterocycles. The maximum absolute atomic E-state index is 12.7. The maximum atomic E-state index is 12.7. The quantitative estimate of drug-likeness (QED) is 0.433. The van der Waals surface area contributed by atoms with E-state index in [1.807, 2.05) is 48.2 Å². The number of fused-ring (bicyclic) bond motifs is 2. The minimum absolute atomic E-state index is 0.119. The van der Waals surface area contributed by atoms with Crippen LogP contribution in [0.2, 0.25) is 0 Å². The fourth-order valence-corrected chi connectivity index (χ4v) is 3.76. The molecule has 0 unspecified atom stereocenters. The minimum Gasteiger partial charge on any atom is -0.454 e. The van der Waals surface area contributed by atoms with Crippen molar-refractivity contribution in [2.45, 2.75) is 20.0 Å². The molecule has 0 aliphatic carbocycles. The van der Waals surface area contributed by atoms with Gasteiger partial charge in [-0.1, -0.05) is 17.7 Å². The number of hydrogen-bond acceptors (Lipinski definition) is 5. The van der Waals surface area contributed by atoms with Gasteiger partial charge in [-0.15, -0.1) is 0 Å². The summed E-state index contributed by atoms with van der Waals surface area (Å²) in [6, 6.07) is 13.7. The van der Waals surface area contributed by atoms with E-state index in [1.54, 1.807) is 7.11 Å². The topological polar surface area (TPSA) is 75.8 Å². The van der Waals surface area contributed by atoms with Crippen molar-refractivity contribution in [1.82, 2.24) is 15.2 Å². The summed E-state index contributed by atoms with van der Waals surface area (Å²) in [6.07, 6.45) is 0. The number of hydrogen-bond donors (Lipinski definition) is 2. The number of H-pyrrole nitrogens is 1. The molecule has 2 aromatic carbocycles. The third-order valence-corrected chi connectivity index (χ3v) is 5.52. The first-order valence-electron chi connectivity index (χ1n) is 10.1. The van der Waals surface area contributed by atoms with Crippen LogP contribution in [0.3, 0.4) is 0 Å². The fourth-order valence-electron chi connectivity index (χ4n) is 3.53. The zero-order valence-electron chi connectivity index (χ0n) is 17.6. The van der Waals surface area contributed by atoms with Crippen LogP contribution in [0.1, 0.15) is 16.7 Å². The van der Waals surface area contributed by atoms with Crippen LogP contribution in [0.5, 0.6) is 11.5 Å². The van der Waals surface area contributed by atoms with E-state index in [2.05, 4.69) is 16.4 Å². The molecule has 4 rings (SSSR count). The fraction of sp³-hybridized carbons (Fsp3) is 0.304. The van der Waals surface area contributed by atoms with Crippen LogP contribution in [-0.2, 0) is 17.8 Å². The van der Waals surface area contributed by atoms with Crippen LogP contribution >= 0.6 is 12.2 Å². The number of rotatable bonds is 7. The molecule has 8 heteroatoms. The number of aromatic amines is 1. The summed E-state index contributed by atoms with van der Waals surface area (Å²) in [6.45, 7) is 4.26. The first-order chi connectivity index (χ1) is 15.0. The normalized spacial score (nSPS) is 12.2. The Bertz CT molecular complexity index is 1160. The van der Waals surface area contributed by atoms with E-state index in [-0.39, 0.29) is 12.4 Å². The van der Waals surface area contributed by atoms with Crippen LogP contribution in [0, 0.1) is 6.92 Å². The Balaban J connectivity index is 1.61. The molecular formula is C23H25N3O4S. The average Bonchev–Trinajstić information content (AvgIpc) is 3.22. The van der Waals surface area contributed by atoms with Gasteiger partial charge in [0.1, 0.15) is 0 Å². The van der Waals surface area contributed by atoms with Gasteiger partial charge in [0.05, 0.1) is 13.2 Å². The number of ether oxygens (including phenoxy) is 3. The minimum atomic E-state index is -0.119. The van der Waals surface area contributed by atoms with Gasteiger partial charge in [-0.3, -0.25) is 4.79 Å². The average molecular weight is 440 g/mol. The van der Waals surface area contributed by atoms with Gasteiger partial charge in [0.15, 0.2) is 16.6 Å². The van der Waals surface area contributed by atoms with Crippen LogP contribution in [0.4, 0.5) is 0 Å². The third-order valence-electron chi connectivity index (χ3n) is 5.12. The van der Waals surface area contributed by atoms with Gasteiger partial charge in [0, 0.05) is 31.3 Å². The Kier molecular flexibility index (Phi) is 6.39. The van der Waals surface area contributed by atoms with E-state index in [1.165, 1.54) is 0 Å². The number of pyridine rings is 1. The van der Waals surface area contributed by atoms with Gasteiger partial charge >= 0.3 is 0 Å². The Morgan fingerprint density at radius 1 is 1.16 bits per heavy atom. The summed E-state index contributed by atoms with van der Waals surface area (Å²) in [5, 5.41) is 4.76. The molecule has 3 aromatic rings. The largest absolute Gasteiger partial charge is 0.454 e. The molecule has 0 saturated carbocycles. The van der Waals surface area contributed by atoms with Crippen molar-refractivity contribution >= 4 is 28.2 Å². The second-order valence-corrected chi connectivity index (χ2v) is 7.87. The lowest BCUT2D eigenvalue weighted by molar-refractivity contribution is 0.174. The van der Waals surface area contributed by atoms with E-state index >= 15 is 0 Å². The number of benzene rings is 2. The predicted molar refractivity (Wildman–Crippen MR) is 124 cm³/mol. The van der Waals surface area contributed by atoms with Crippen molar-refractivity contribution in [3.63, 3.8) is 0 Å². The molecule has 2 N–H and O–H groups in total. The highest BCUT2D eigenvalue weighted by Gasteiger charge is 2.17. The first kappa shape index (κ1) is 21.1. The molecule has 1 aromatic heterocycles. The Hall–Kier alpha value is -3.10. The Morgan fingerprint density at radius 3 is 2.84 bits per heavy atom. The van der Waals surface area contributed by atoms with Crippen molar-refractivity contribution < 1.29 is 14.2 Å². The number of nitrogens with zero attached hydrogens (tertiary/aromatic N) is 1. The van der Waals surface area contributed by atoms with E-state index in [0.717, 1.165) is 33.5 Å². The molecule has 0 amide bonds. The SMILES string of the molecule is COCCNC(=S)N(Cc1ccc2c(c1)OCO2)Cc1cc2cc(C)ccc2[nH]c1=O. The molecule has 1 aliphatic heterocycles. The number of methoxy groups -OCH3 is 1. The van der Waals surface area contributed by atoms with Crippen LogP contribution in [-0.4, -0.2) is 42.1 Å². The van der Waals surface area contributed by atoms with Gasteiger partial charge in [0.25, 0.3) is 5.56 Å². The Labute approximate surface area is 185 Å². The number of thiocarbonyl (C=S) groups is 1. The number of aromatic nitrogens is 1. The van der Waals surface area contributed by atoms with Crippen LogP contribution in [0.25, 0.3) is 10.9 Å². The van der Waals surface area contributed by atoms with Crippen LogP contribution in [0.15, 0.2) is 47.3 Å². The standard InChI is InChI=1S/C23H25N3O4S/c1-15-3-5-19-17(9-15)11-18(22(27)25-19)13-26(23(31)24-7-8-28-2)12-16-4-6-20-21(10-16)30-14-29-20/h3-6,9-11H,7-8,12-14H2,1-2H3,(H,24,31)(H,25,27). The molecule has 31 heavy (non-hydrogen) atoms. The molecular weight excluding hydrogens is 414 g/mol. The highest BCUT2D eigenvalue weighted by molar-refractivity contribution is 7.80. The highest BCUT2D eigenvalue weighted by Crippen LogP contribution is 2.33. The van der Waals surface area contributed by atoms with E-state index in [4.69, 9.17) is 26.4 Å². The third kappa shape index (κ3) is 4.98. The molecule has 0 fully saturated rings. The molecule has 7 nitrogen and oxygen atoms in total. The molecule has 0 radical (unpaired) electrons. The summed E-state index contributed by atoms with van der Waals surface area (Å²) in [4.78, 5) is 17.7. The molecule has 0 spiro atoms. The summed E-state index contributed by atoms with van der Waals surface area (Å²) >= 11 is 5.64. The van der Waals surface area contributed by atoms with Crippen molar-refractivity contribution in [2.75, 3.05) is 27.1 Å². The van der Waals surface area contributed by atoms with Gasteiger partial charge in [-0.2, -0.15) is 0 Å². The van der Waals surface area contributed by atoms with Crippen molar-refractivity contribution in [2.24, 2.45) is 0 Å². The summed E-state index contributed by atoms with van der Waals surface area (Å²) in [5.41, 5.74) is 3.50. The van der Waals surface area contributed by atoms with E-state index in [0.29, 0.717) is 36.9 Å².